The number of fused-ring (bicyclic) bond motifs is 1. The molecular weight excluding hydrogens is 396 g/mol. The van der Waals surface area contributed by atoms with E-state index < -0.39 is 42.0 Å². The van der Waals surface area contributed by atoms with Gasteiger partial charge in [-0.25, -0.2) is 9.18 Å². The van der Waals surface area contributed by atoms with Crippen LogP contribution in [-0.4, -0.2) is 26.2 Å². The van der Waals surface area contributed by atoms with Crippen LogP contribution < -0.4 is 15.0 Å². The Hall–Kier alpha value is -3.30. The zero-order chi connectivity index (χ0) is 21.3. The Morgan fingerprint density at radius 3 is 2.55 bits per heavy atom. The van der Waals surface area contributed by atoms with Crippen LogP contribution in [0, 0.1) is 5.82 Å². The van der Waals surface area contributed by atoms with Crippen LogP contribution in [0.1, 0.15) is 23.6 Å². The highest BCUT2D eigenvalue weighted by atomic mass is 19.4. The van der Waals surface area contributed by atoms with Crippen molar-refractivity contribution in [3.8, 4) is 5.75 Å². The van der Waals surface area contributed by atoms with Crippen molar-refractivity contribution in [2.75, 3.05) is 24.4 Å². The summed E-state index contributed by atoms with van der Waals surface area (Å²) in [5.41, 5.74) is -1.16. The number of carbonyl (C=O) groups is 2. The van der Waals surface area contributed by atoms with E-state index in [-0.39, 0.29) is 22.7 Å². The molecule has 1 aliphatic heterocycles. The Morgan fingerprint density at radius 2 is 1.93 bits per heavy atom. The van der Waals surface area contributed by atoms with Gasteiger partial charge in [-0.15, -0.1) is 0 Å². The van der Waals surface area contributed by atoms with Gasteiger partial charge in [0, 0.05) is 5.56 Å². The number of urea groups is 1. The minimum absolute atomic E-state index is 0.0251. The standard InChI is InChI=1S/C19H16F4N2O4/c1-28-15-7-6-10(19(21,22)23)8-14(15)25-13(9-16(26)29-2)11-4-3-5-12(20)17(11)24-18(25)27/h3-8,13H,9H2,1-2H3,(H,24,27). The third-order valence-corrected chi connectivity index (χ3v) is 4.52. The van der Waals surface area contributed by atoms with Crippen LogP contribution in [0.5, 0.6) is 5.75 Å². The van der Waals surface area contributed by atoms with Gasteiger partial charge in [-0.3, -0.25) is 9.69 Å². The highest BCUT2D eigenvalue weighted by molar-refractivity contribution is 6.06. The summed E-state index contributed by atoms with van der Waals surface area (Å²) in [6, 6.07) is 4.57. The Labute approximate surface area is 163 Å². The minimum atomic E-state index is -4.67. The van der Waals surface area contributed by atoms with E-state index in [2.05, 4.69) is 10.1 Å². The van der Waals surface area contributed by atoms with Crippen molar-refractivity contribution in [2.45, 2.75) is 18.6 Å². The number of amides is 2. The van der Waals surface area contributed by atoms with Crippen LogP contribution in [0.2, 0.25) is 0 Å². The molecule has 1 heterocycles. The number of halogens is 4. The Balaban J connectivity index is 2.21. The molecule has 10 heteroatoms. The molecule has 0 fully saturated rings. The van der Waals surface area contributed by atoms with Crippen molar-refractivity contribution >= 4 is 23.4 Å². The van der Waals surface area contributed by atoms with Crippen molar-refractivity contribution in [1.82, 2.24) is 0 Å². The molecule has 154 valence electrons. The topological polar surface area (TPSA) is 67.9 Å². The van der Waals surface area contributed by atoms with Gasteiger partial charge in [0.1, 0.15) is 11.6 Å². The number of alkyl halides is 3. The molecule has 6 nitrogen and oxygen atoms in total. The first-order valence-corrected chi connectivity index (χ1v) is 8.38. The third-order valence-electron chi connectivity index (χ3n) is 4.52. The summed E-state index contributed by atoms with van der Waals surface area (Å²) in [4.78, 5) is 25.7. The fourth-order valence-corrected chi connectivity index (χ4v) is 3.17. The molecular formula is C19H16F4N2O4. The van der Waals surface area contributed by atoms with Crippen molar-refractivity contribution in [3.05, 3.63) is 53.3 Å². The molecule has 0 bridgehead atoms. The molecule has 29 heavy (non-hydrogen) atoms. The summed E-state index contributed by atoms with van der Waals surface area (Å²) < 4.78 is 63.7. The number of anilines is 2. The average Bonchev–Trinajstić information content (AvgIpc) is 2.67. The zero-order valence-electron chi connectivity index (χ0n) is 15.3. The average molecular weight is 412 g/mol. The first kappa shape index (κ1) is 20.4. The number of rotatable bonds is 4. The van der Waals surface area contributed by atoms with Crippen molar-refractivity contribution < 1.29 is 36.6 Å². The fraction of sp³-hybridized carbons (Fsp3) is 0.263. The number of nitrogens with zero attached hydrogens (tertiary/aromatic N) is 1. The van der Waals surface area contributed by atoms with E-state index in [4.69, 9.17) is 4.74 Å². The molecule has 0 saturated carbocycles. The molecule has 0 aliphatic carbocycles. The molecule has 0 spiro atoms. The largest absolute Gasteiger partial charge is 0.495 e. The van der Waals surface area contributed by atoms with Crippen LogP contribution in [0.3, 0.4) is 0 Å². The van der Waals surface area contributed by atoms with E-state index in [0.29, 0.717) is 0 Å². The molecule has 1 aliphatic rings. The number of benzene rings is 2. The summed E-state index contributed by atoms with van der Waals surface area (Å²) >= 11 is 0. The van der Waals surface area contributed by atoms with Gasteiger partial charge in [-0.2, -0.15) is 13.2 Å². The van der Waals surface area contributed by atoms with E-state index in [1.807, 2.05) is 0 Å². The van der Waals surface area contributed by atoms with Crippen molar-refractivity contribution in [1.29, 1.82) is 0 Å². The summed E-state index contributed by atoms with van der Waals surface area (Å²) in [6.45, 7) is 0. The number of ether oxygens (including phenoxy) is 2. The van der Waals surface area contributed by atoms with Crippen molar-refractivity contribution in [2.24, 2.45) is 0 Å². The second-order valence-corrected chi connectivity index (χ2v) is 6.18. The maximum absolute atomic E-state index is 14.2. The second kappa shape index (κ2) is 7.61. The van der Waals surface area contributed by atoms with E-state index >= 15 is 0 Å². The number of nitrogens with one attached hydrogen (secondary N) is 1. The van der Waals surface area contributed by atoms with E-state index in [0.717, 1.165) is 36.3 Å². The highest BCUT2D eigenvalue weighted by Crippen LogP contribution is 2.44. The quantitative estimate of drug-likeness (QED) is 0.593. The lowest BCUT2D eigenvalue weighted by atomic mass is 9.96. The second-order valence-electron chi connectivity index (χ2n) is 6.18. The van der Waals surface area contributed by atoms with Gasteiger partial charge in [0.15, 0.2) is 0 Å². The maximum atomic E-state index is 14.2. The number of para-hydroxylation sites is 1. The molecule has 3 rings (SSSR count). The van der Waals surface area contributed by atoms with Crippen LogP contribution in [0.15, 0.2) is 36.4 Å². The smallest absolute Gasteiger partial charge is 0.416 e. The molecule has 1 unspecified atom stereocenters. The van der Waals surface area contributed by atoms with E-state index in [9.17, 15) is 27.2 Å². The van der Waals surface area contributed by atoms with Gasteiger partial charge in [-0.05, 0) is 24.3 Å². The van der Waals surface area contributed by atoms with Gasteiger partial charge >= 0.3 is 18.2 Å². The number of hydrogen-bond donors (Lipinski definition) is 1. The van der Waals surface area contributed by atoms with Crippen LogP contribution in [-0.2, 0) is 15.7 Å². The molecule has 1 atom stereocenters. The molecule has 2 amide bonds. The van der Waals surface area contributed by atoms with E-state index in [1.165, 1.54) is 19.2 Å². The molecule has 2 aromatic rings. The zero-order valence-corrected chi connectivity index (χ0v) is 15.3. The van der Waals surface area contributed by atoms with Crippen molar-refractivity contribution in [3.63, 3.8) is 0 Å². The Morgan fingerprint density at radius 1 is 1.21 bits per heavy atom. The number of methoxy groups -OCH3 is 2. The molecule has 0 aromatic heterocycles. The summed E-state index contributed by atoms with van der Waals surface area (Å²) in [6.07, 6.45) is -5.07. The Bertz CT molecular complexity index is 962. The first-order valence-electron chi connectivity index (χ1n) is 8.38. The van der Waals surface area contributed by atoms with Crippen LogP contribution in [0.25, 0.3) is 0 Å². The lowest BCUT2D eigenvalue weighted by molar-refractivity contribution is -0.141. The summed E-state index contributed by atoms with van der Waals surface area (Å²) in [5, 5.41) is 2.33. The van der Waals surface area contributed by atoms with Crippen LogP contribution in [0.4, 0.5) is 33.7 Å². The molecule has 0 radical (unpaired) electrons. The van der Waals surface area contributed by atoms with Gasteiger partial charge in [0.25, 0.3) is 0 Å². The number of carbonyl (C=O) groups excluding carboxylic acids is 2. The SMILES string of the molecule is COC(=O)CC1c2cccc(F)c2NC(=O)N1c1cc(C(F)(F)F)ccc1OC. The third kappa shape index (κ3) is 3.82. The normalized spacial score (nSPS) is 16.1. The predicted octanol–water partition coefficient (Wildman–Crippen LogP) is 4.51. The lowest BCUT2D eigenvalue weighted by Crippen LogP contribution is -2.44. The molecule has 1 N–H and O–H groups in total. The number of esters is 1. The first-order chi connectivity index (χ1) is 13.7. The summed E-state index contributed by atoms with van der Waals surface area (Å²) in [7, 11) is 2.36. The van der Waals surface area contributed by atoms with E-state index in [1.54, 1.807) is 0 Å². The summed E-state index contributed by atoms with van der Waals surface area (Å²) in [5.74, 6) is -1.49. The van der Waals surface area contributed by atoms with Gasteiger partial charge in [-0.1, -0.05) is 12.1 Å². The van der Waals surface area contributed by atoms with Crippen LogP contribution >= 0.6 is 0 Å². The minimum Gasteiger partial charge on any atom is -0.495 e. The fourth-order valence-electron chi connectivity index (χ4n) is 3.17. The Kier molecular flexibility index (Phi) is 5.36. The molecule has 0 saturated heterocycles. The van der Waals surface area contributed by atoms with Gasteiger partial charge < -0.3 is 14.8 Å². The van der Waals surface area contributed by atoms with Gasteiger partial charge in [0.2, 0.25) is 0 Å². The lowest BCUT2D eigenvalue weighted by Gasteiger charge is -2.37. The predicted molar refractivity (Wildman–Crippen MR) is 95.3 cm³/mol. The monoisotopic (exact) mass is 412 g/mol. The molecule has 2 aromatic carbocycles. The maximum Gasteiger partial charge on any atom is 0.416 e. The highest BCUT2D eigenvalue weighted by Gasteiger charge is 2.39. The van der Waals surface area contributed by atoms with Gasteiger partial charge in [0.05, 0.1) is 43.6 Å². The number of hydrogen-bond acceptors (Lipinski definition) is 4.